The molecule has 0 radical (unpaired) electrons. The molecule has 0 aliphatic carbocycles. The highest BCUT2D eigenvalue weighted by Gasteiger charge is 2.23. The average Bonchev–Trinajstić information content (AvgIpc) is 2.98. The molecule has 0 aliphatic rings. The summed E-state index contributed by atoms with van der Waals surface area (Å²) < 4.78 is 30.5. The summed E-state index contributed by atoms with van der Waals surface area (Å²) in [6, 6.07) is 11.2. The molecule has 0 unspecified atom stereocenters. The molecule has 44 heavy (non-hydrogen) atoms. The molecule has 224 valence electrons. The largest absolute Gasteiger partial charge is 0.404 e. The minimum atomic E-state index is -1.50. The lowest BCUT2D eigenvalue weighted by Crippen LogP contribution is -2.45. The van der Waals surface area contributed by atoms with Crippen LogP contribution in [0.5, 0.6) is 11.8 Å². The maximum absolute atomic E-state index is 14.2. The summed E-state index contributed by atoms with van der Waals surface area (Å²) in [4.78, 5) is 67.7. The fourth-order valence-corrected chi connectivity index (χ4v) is 4.58. The Labute approximate surface area is 261 Å². The lowest BCUT2D eigenvalue weighted by Gasteiger charge is -2.11. The van der Waals surface area contributed by atoms with Crippen LogP contribution in [0, 0.1) is 17.1 Å². The van der Waals surface area contributed by atoms with Crippen molar-refractivity contribution in [2.24, 2.45) is 0 Å². The molecule has 16 heteroatoms. The maximum atomic E-state index is 14.2. The predicted octanol–water partition coefficient (Wildman–Crippen LogP) is 4.50. The number of nitrogens with zero attached hydrogens (tertiary/aromatic N) is 4. The van der Waals surface area contributed by atoms with E-state index in [9.17, 15) is 33.6 Å². The Kier molecular flexibility index (Phi) is 9.92. The fourth-order valence-electron chi connectivity index (χ4n) is 3.61. The van der Waals surface area contributed by atoms with Gasteiger partial charge in [-0.2, -0.15) is 19.2 Å². The summed E-state index contributed by atoms with van der Waals surface area (Å²) in [6.07, 6.45) is 0.613. The molecule has 0 saturated heterocycles. The van der Waals surface area contributed by atoms with Gasteiger partial charge < -0.3 is 14.2 Å². The number of ether oxygens (including phenoxy) is 3. The van der Waals surface area contributed by atoms with Crippen LogP contribution in [0.4, 0.5) is 4.39 Å². The minimum absolute atomic E-state index is 0.0607. The highest BCUT2D eigenvalue weighted by molar-refractivity contribution is 6.41. The Morgan fingerprint density at radius 3 is 2.32 bits per heavy atom. The van der Waals surface area contributed by atoms with Gasteiger partial charge in [0, 0.05) is 23.3 Å². The molecule has 0 aliphatic heterocycles. The Morgan fingerprint density at radius 1 is 0.977 bits per heavy atom. The zero-order chi connectivity index (χ0) is 32.1. The smallest absolute Gasteiger partial charge is 0.347 e. The highest BCUT2D eigenvalue weighted by atomic mass is 35.5. The van der Waals surface area contributed by atoms with Gasteiger partial charge in [0.05, 0.1) is 27.4 Å². The number of hydrogen-bond donors (Lipinski definition) is 0. The number of hydrogen-bond acceptors (Lipinski definition) is 10. The molecule has 4 aromatic rings. The van der Waals surface area contributed by atoms with Crippen LogP contribution in [0.2, 0.25) is 15.1 Å². The average molecular weight is 662 g/mol. The van der Waals surface area contributed by atoms with Crippen LogP contribution >= 0.6 is 34.8 Å². The van der Waals surface area contributed by atoms with Gasteiger partial charge in [-0.05, 0) is 43.3 Å². The fraction of sp³-hybridized carbons (Fsp3) is 0.107. The number of nitriles is 1. The molecule has 0 N–H and O–H groups in total. The first kappa shape index (κ1) is 32.1. The zero-order valence-electron chi connectivity index (χ0n) is 22.2. The van der Waals surface area contributed by atoms with Crippen LogP contribution in [-0.4, -0.2) is 38.6 Å². The predicted molar refractivity (Wildman–Crippen MR) is 153 cm³/mol. The SMILES string of the molecule is CCOCn1cc(F)c(=O)n(C(=O)c2cccc(C(=O)Oc3nc(OC(=O)c4c(Cl)cc(Cl)cc4Cl)ccc3C#N)c2)c1=O. The van der Waals surface area contributed by atoms with E-state index in [1.54, 1.807) is 13.0 Å². The topological polar surface area (TPSA) is 160 Å². The summed E-state index contributed by atoms with van der Waals surface area (Å²) in [6.45, 7) is 1.37. The number of rotatable bonds is 8. The molecule has 2 heterocycles. The summed E-state index contributed by atoms with van der Waals surface area (Å²) in [5, 5.41) is 9.43. The monoisotopic (exact) mass is 660 g/mol. The van der Waals surface area contributed by atoms with Gasteiger partial charge in [0.2, 0.25) is 17.6 Å². The third kappa shape index (κ3) is 6.85. The molecule has 4 rings (SSSR count). The summed E-state index contributed by atoms with van der Waals surface area (Å²) >= 11 is 18.0. The van der Waals surface area contributed by atoms with Crippen molar-refractivity contribution in [3.8, 4) is 17.8 Å². The lowest BCUT2D eigenvalue weighted by atomic mass is 10.1. The summed E-state index contributed by atoms with van der Waals surface area (Å²) in [7, 11) is 0. The minimum Gasteiger partial charge on any atom is -0.404 e. The van der Waals surface area contributed by atoms with Crippen LogP contribution in [0.1, 0.15) is 43.6 Å². The highest BCUT2D eigenvalue weighted by Crippen LogP contribution is 2.30. The number of benzene rings is 2. The van der Waals surface area contributed by atoms with Crippen molar-refractivity contribution in [3.63, 3.8) is 0 Å². The van der Waals surface area contributed by atoms with E-state index in [0.29, 0.717) is 10.8 Å². The van der Waals surface area contributed by atoms with Crippen molar-refractivity contribution in [3.05, 3.63) is 119 Å². The van der Waals surface area contributed by atoms with Gasteiger partial charge in [-0.25, -0.2) is 14.4 Å². The third-order valence-corrected chi connectivity index (χ3v) is 6.46. The Hall–Kier alpha value is -4.87. The molecule has 0 saturated carbocycles. The first-order chi connectivity index (χ1) is 20.9. The Bertz CT molecular complexity index is 1960. The first-order valence-electron chi connectivity index (χ1n) is 12.2. The quantitative estimate of drug-likeness (QED) is 0.246. The van der Waals surface area contributed by atoms with Crippen molar-refractivity contribution in [2.45, 2.75) is 13.7 Å². The number of aromatic nitrogens is 3. The zero-order valence-corrected chi connectivity index (χ0v) is 24.4. The molecule has 2 aromatic carbocycles. The Morgan fingerprint density at radius 2 is 1.66 bits per heavy atom. The van der Waals surface area contributed by atoms with Crippen LogP contribution in [0.25, 0.3) is 0 Å². The molecule has 0 atom stereocenters. The first-order valence-corrected chi connectivity index (χ1v) is 13.3. The maximum Gasteiger partial charge on any atom is 0.347 e. The standard InChI is InChI=1S/C28H16Cl3FN4O8/c1-2-42-13-35-12-20(32)25(38)36(28(35)41)24(37)14-4-3-5-15(8-14)26(39)44-23-16(11-33)6-7-21(34-23)43-27(40)22-18(30)9-17(29)10-19(22)31/h3-10,12H,2,13H2,1H3. The number of carbonyl (C=O) groups is 3. The second-order valence-corrected chi connectivity index (χ2v) is 9.77. The van der Waals surface area contributed by atoms with E-state index in [1.807, 2.05) is 0 Å². The van der Waals surface area contributed by atoms with Gasteiger partial charge in [-0.1, -0.05) is 40.9 Å². The van der Waals surface area contributed by atoms with Gasteiger partial charge in [0.1, 0.15) is 18.4 Å². The normalized spacial score (nSPS) is 10.6. The van der Waals surface area contributed by atoms with Crippen molar-refractivity contribution in [1.29, 1.82) is 5.26 Å². The van der Waals surface area contributed by atoms with E-state index in [1.165, 1.54) is 30.3 Å². The molecular weight excluding hydrogens is 646 g/mol. The van der Waals surface area contributed by atoms with Crippen LogP contribution < -0.4 is 20.7 Å². The lowest BCUT2D eigenvalue weighted by molar-refractivity contribution is 0.0717. The molecule has 0 spiro atoms. The van der Waals surface area contributed by atoms with Crippen LogP contribution in [0.3, 0.4) is 0 Å². The molecule has 0 amide bonds. The molecule has 0 fully saturated rings. The number of carbonyl (C=O) groups excluding carboxylic acids is 3. The molecular formula is C28H16Cl3FN4O8. The van der Waals surface area contributed by atoms with Crippen molar-refractivity contribution in [2.75, 3.05) is 6.61 Å². The van der Waals surface area contributed by atoms with Gasteiger partial charge in [0.15, 0.2) is 0 Å². The number of pyridine rings is 1. The second-order valence-electron chi connectivity index (χ2n) is 8.52. The van der Waals surface area contributed by atoms with Crippen LogP contribution in [-0.2, 0) is 11.5 Å². The Balaban J connectivity index is 1.61. The van der Waals surface area contributed by atoms with Crippen molar-refractivity contribution >= 4 is 52.6 Å². The van der Waals surface area contributed by atoms with Crippen molar-refractivity contribution < 1.29 is 33.0 Å². The number of halogens is 4. The van der Waals surface area contributed by atoms with Crippen molar-refractivity contribution in [1.82, 2.24) is 14.1 Å². The van der Waals surface area contributed by atoms with E-state index in [4.69, 9.17) is 49.0 Å². The third-order valence-electron chi connectivity index (χ3n) is 5.65. The molecule has 12 nitrogen and oxygen atoms in total. The van der Waals surface area contributed by atoms with Gasteiger partial charge in [-0.3, -0.25) is 14.2 Å². The van der Waals surface area contributed by atoms with Gasteiger partial charge >= 0.3 is 17.6 Å². The van der Waals surface area contributed by atoms with E-state index in [2.05, 4.69) is 4.98 Å². The molecule has 2 aromatic heterocycles. The summed E-state index contributed by atoms with van der Waals surface area (Å²) in [5.74, 6) is -5.72. The number of esters is 2. The molecule has 0 bridgehead atoms. The van der Waals surface area contributed by atoms with E-state index >= 15 is 0 Å². The van der Waals surface area contributed by atoms with Gasteiger partial charge in [-0.15, -0.1) is 0 Å². The van der Waals surface area contributed by atoms with E-state index < -0.39 is 53.4 Å². The van der Waals surface area contributed by atoms with Gasteiger partial charge in [0.25, 0.3) is 11.5 Å². The van der Waals surface area contributed by atoms with Crippen LogP contribution in [0.15, 0.2) is 64.3 Å². The second kappa shape index (κ2) is 13.6. The van der Waals surface area contributed by atoms with E-state index in [0.717, 1.165) is 18.2 Å². The summed E-state index contributed by atoms with van der Waals surface area (Å²) in [5.41, 5.74) is -3.74. The van der Waals surface area contributed by atoms with E-state index in [-0.39, 0.29) is 48.5 Å².